The highest BCUT2D eigenvalue weighted by atomic mass is 19.1. The Hall–Kier alpha value is -0.400. The molecule has 0 saturated heterocycles. The van der Waals surface area contributed by atoms with Crippen LogP contribution in [0.25, 0.3) is 0 Å². The molecule has 4 atom stereocenters. The standard InChI is InChI=1S/C17H32FN/c1-6-13(2)8-7-9-16-12-15(14(3)18)10-11-19-17(16,4)5/h11,13-16H,6-10,12H2,1-5H3. The van der Waals surface area contributed by atoms with E-state index in [1.54, 1.807) is 6.92 Å². The van der Waals surface area contributed by atoms with Crippen LogP contribution in [0, 0.1) is 17.8 Å². The van der Waals surface area contributed by atoms with Gasteiger partial charge in [-0.2, -0.15) is 0 Å². The molecule has 0 saturated carbocycles. The van der Waals surface area contributed by atoms with Crippen LogP contribution in [-0.2, 0) is 0 Å². The molecule has 0 radical (unpaired) electrons. The van der Waals surface area contributed by atoms with Crippen LogP contribution < -0.4 is 0 Å². The van der Waals surface area contributed by atoms with Gasteiger partial charge in [-0.05, 0) is 64.0 Å². The van der Waals surface area contributed by atoms with Gasteiger partial charge in [0.05, 0.1) is 5.54 Å². The Bertz CT molecular complexity index is 283. The Morgan fingerprint density at radius 2 is 2.05 bits per heavy atom. The van der Waals surface area contributed by atoms with Gasteiger partial charge in [0.15, 0.2) is 0 Å². The van der Waals surface area contributed by atoms with Crippen LogP contribution in [0.4, 0.5) is 4.39 Å². The lowest BCUT2D eigenvalue weighted by atomic mass is 9.77. The predicted octanol–water partition coefficient (Wildman–Crippen LogP) is 5.44. The van der Waals surface area contributed by atoms with Crippen molar-refractivity contribution >= 4 is 6.21 Å². The lowest BCUT2D eigenvalue weighted by Crippen LogP contribution is -2.30. The molecule has 0 N–H and O–H groups in total. The van der Waals surface area contributed by atoms with E-state index < -0.39 is 6.17 Å². The maximum Gasteiger partial charge on any atom is 0.100 e. The van der Waals surface area contributed by atoms with Crippen molar-refractivity contribution in [3.8, 4) is 0 Å². The molecule has 0 aliphatic carbocycles. The summed E-state index contributed by atoms with van der Waals surface area (Å²) in [4.78, 5) is 4.70. The molecule has 0 amide bonds. The molecule has 0 aromatic heterocycles. The van der Waals surface area contributed by atoms with E-state index in [4.69, 9.17) is 4.99 Å². The molecule has 1 rings (SSSR count). The van der Waals surface area contributed by atoms with Gasteiger partial charge in [0.25, 0.3) is 0 Å². The zero-order chi connectivity index (χ0) is 14.5. The Kier molecular flexibility index (Phi) is 6.49. The van der Waals surface area contributed by atoms with Crippen molar-refractivity contribution in [2.24, 2.45) is 22.7 Å². The summed E-state index contributed by atoms with van der Waals surface area (Å²) in [6, 6.07) is 0. The Morgan fingerprint density at radius 3 is 2.63 bits per heavy atom. The summed E-state index contributed by atoms with van der Waals surface area (Å²) in [7, 11) is 0. The third-order valence-electron chi connectivity index (χ3n) is 5.01. The SMILES string of the molecule is CCC(C)CCCC1CC(C(C)F)CC=NC1(C)C. The van der Waals surface area contributed by atoms with E-state index in [1.165, 1.54) is 25.7 Å². The average Bonchev–Trinajstić information content (AvgIpc) is 2.48. The van der Waals surface area contributed by atoms with E-state index in [2.05, 4.69) is 27.7 Å². The number of hydrogen-bond donors (Lipinski definition) is 0. The molecule has 1 nitrogen and oxygen atoms in total. The van der Waals surface area contributed by atoms with Crippen molar-refractivity contribution in [2.75, 3.05) is 0 Å². The minimum atomic E-state index is -0.711. The summed E-state index contributed by atoms with van der Waals surface area (Å²) in [6.45, 7) is 10.7. The minimum Gasteiger partial charge on any atom is -0.291 e. The zero-order valence-electron chi connectivity index (χ0n) is 13.5. The van der Waals surface area contributed by atoms with Crippen LogP contribution >= 0.6 is 0 Å². The number of rotatable bonds is 6. The quantitative estimate of drug-likeness (QED) is 0.609. The monoisotopic (exact) mass is 269 g/mol. The van der Waals surface area contributed by atoms with Crippen LogP contribution in [0.15, 0.2) is 4.99 Å². The van der Waals surface area contributed by atoms with Crippen LogP contribution in [0.1, 0.15) is 73.1 Å². The van der Waals surface area contributed by atoms with Crippen molar-refractivity contribution in [3.63, 3.8) is 0 Å². The number of nitrogens with zero attached hydrogens (tertiary/aromatic N) is 1. The number of aliphatic imine (C=N–C) groups is 1. The van der Waals surface area contributed by atoms with Crippen LogP contribution in [0.5, 0.6) is 0 Å². The first kappa shape index (κ1) is 16.7. The van der Waals surface area contributed by atoms with E-state index in [-0.39, 0.29) is 11.5 Å². The Morgan fingerprint density at radius 1 is 1.37 bits per heavy atom. The highest BCUT2D eigenvalue weighted by molar-refractivity contribution is 5.59. The van der Waals surface area contributed by atoms with Gasteiger partial charge >= 0.3 is 0 Å². The molecule has 0 aromatic carbocycles. The lowest BCUT2D eigenvalue weighted by molar-refractivity contribution is 0.182. The molecule has 1 aliphatic heterocycles. The second-order valence-electron chi connectivity index (χ2n) is 7.02. The normalized spacial score (nSPS) is 29.8. The van der Waals surface area contributed by atoms with E-state index in [0.29, 0.717) is 5.92 Å². The molecule has 1 heterocycles. The summed E-state index contributed by atoms with van der Waals surface area (Å²) in [5, 5.41) is 0. The topological polar surface area (TPSA) is 12.4 Å². The summed E-state index contributed by atoms with van der Waals surface area (Å²) >= 11 is 0. The molecule has 0 bridgehead atoms. The van der Waals surface area contributed by atoms with Crippen LogP contribution in [-0.4, -0.2) is 17.9 Å². The first-order valence-corrected chi connectivity index (χ1v) is 8.04. The molecule has 112 valence electrons. The van der Waals surface area contributed by atoms with Gasteiger partial charge in [-0.15, -0.1) is 0 Å². The van der Waals surface area contributed by atoms with Gasteiger partial charge in [0, 0.05) is 0 Å². The lowest BCUT2D eigenvalue weighted by Gasteiger charge is -2.32. The van der Waals surface area contributed by atoms with Crippen molar-refractivity contribution in [1.82, 2.24) is 0 Å². The average molecular weight is 269 g/mol. The minimum absolute atomic E-state index is 0.0148. The fourth-order valence-corrected chi connectivity index (χ4v) is 3.04. The molecule has 0 spiro atoms. The predicted molar refractivity (Wildman–Crippen MR) is 82.7 cm³/mol. The molecule has 0 aromatic rings. The van der Waals surface area contributed by atoms with Gasteiger partial charge in [0.1, 0.15) is 6.17 Å². The van der Waals surface area contributed by atoms with Crippen molar-refractivity contribution < 1.29 is 4.39 Å². The summed E-state index contributed by atoms with van der Waals surface area (Å²) < 4.78 is 13.6. The molecule has 4 unspecified atom stereocenters. The molecule has 1 aliphatic rings. The fraction of sp³-hybridized carbons (Fsp3) is 0.941. The maximum atomic E-state index is 13.6. The van der Waals surface area contributed by atoms with Gasteiger partial charge in [-0.3, -0.25) is 4.99 Å². The van der Waals surface area contributed by atoms with Gasteiger partial charge < -0.3 is 0 Å². The van der Waals surface area contributed by atoms with Crippen molar-refractivity contribution in [1.29, 1.82) is 0 Å². The van der Waals surface area contributed by atoms with Crippen molar-refractivity contribution in [3.05, 3.63) is 0 Å². The summed E-state index contributed by atoms with van der Waals surface area (Å²) in [5.74, 6) is 1.51. The van der Waals surface area contributed by atoms with Gasteiger partial charge in [-0.1, -0.05) is 33.1 Å². The third-order valence-corrected chi connectivity index (χ3v) is 5.01. The maximum absolute atomic E-state index is 13.6. The zero-order valence-corrected chi connectivity index (χ0v) is 13.5. The van der Waals surface area contributed by atoms with E-state index in [1.807, 2.05) is 6.21 Å². The second kappa shape index (κ2) is 7.40. The van der Waals surface area contributed by atoms with Crippen molar-refractivity contribution in [2.45, 2.75) is 84.9 Å². The van der Waals surface area contributed by atoms with E-state index in [0.717, 1.165) is 18.8 Å². The Labute approximate surface area is 119 Å². The Balaban J connectivity index is 2.57. The van der Waals surface area contributed by atoms with E-state index in [9.17, 15) is 4.39 Å². The molecule has 19 heavy (non-hydrogen) atoms. The smallest absolute Gasteiger partial charge is 0.100 e. The largest absolute Gasteiger partial charge is 0.291 e. The number of hydrogen-bond acceptors (Lipinski definition) is 1. The van der Waals surface area contributed by atoms with Gasteiger partial charge in [-0.25, -0.2) is 4.39 Å². The molecule has 0 fully saturated rings. The first-order valence-electron chi connectivity index (χ1n) is 8.04. The first-order chi connectivity index (χ1) is 8.86. The molecular weight excluding hydrogens is 237 g/mol. The van der Waals surface area contributed by atoms with Crippen LogP contribution in [0.2, 0.25) is 0 Å². The van der Waals surface area contributed by atoms with E-state index >= 15 is 0 Å². The van der Waals surface area contributed by atoms with Gasteiger partial charge in [0.2, 0.25) is 0 Å². The molecule has 2 heteroatoms. The number of halogens is 1. The highest BCUT2D eigenvalue weighted by Crippen LogP contribution is 2.36. The summed E-state index contributed by atoms with van der Waals surface area (Å²) in [6.07, 6.45) is 8.06. The second-order valence-corrected chi connectivity index (χ2v) is 7.02. The summed E-state index contributed by atoms with van der Waals surface area (Å²) in [5.41, 5.74) is -0.0148. The highest BCUT2D eigenvalue weighted by Gasteiger charge is 2.33. The number of alkyl halides is 1. The molecular formula is C17H32FN. The van der Waals surface area contributed by atoms with Crippen LogP contribution in [0.3, 0.4) is 0 Å². The third kappa shape index (κ3) is 5.24. The fourth-order valence-electron chi connectivity index (χ4n) is 3.04.